The van der Waals surface area contributed by atoms with Crippen LogP contribution in [0.2, 0.25) is 0 Å². The fourth-order valence-electron chi connectivity index (χ4n) is 7.21. The average molecular weight is 746 g/mol. The number of rotatable bonds is 3. The van der Waals surface area contributed by atoms with Gasteiger partial charge in [-0.15, -0.1) is 0 Å². The maximum absolute atomic E-state index is 14.4. The second-order valence-corrected chi connectivity index (χ2v) is 12.8. The van der Waals surface area contributed by atoms with Crippen LogP contribution in [0, 0.1) is 56.7 Å². The van der Waals surface area contributed by atoms with E-state index in [1.54, 1.807) is 53.1 Å². The molecule has 56 heavy (non-hydrogen) atoms. The molecule has 0 aliphatic rings. The molecular formula is C43H17F6N7. The summed E-state index contributed by atoms with van der Waals surface area (Å²) in [7, 11) is 0. The Morgan fingerprint density at radius 3 is 1.07 bits per heavy atom. The van der Waals surface area contributed by atoms with Gasteiger partial charge in [0.15, 0.2) is 0 Å². The number of fused-ring (bicyclic) bond motifs is 6. The molecule has 13 heteroatoms. The van der Waals surface area contributed by atoms with Gasteiger partial charge in [0, 0.05) is 27.1 Å². The maximum atomic E-state index is 14.4. The molecule has 0 N–H and O–H groups in total. The minimum Gasteiger partial charge on any atom is -0.308 e. The van der Waals surface area contributed by atoms with Crippen molar-refractivity contribution >= 4 is 43.6 Å². The van der Waals surface area contributed by atoms with E-state index in [1.165, 1.54) is 41.0 Å². The molecule has 266 valence electrons. The fraction of sp³-hybridized carbons (Fsp3) is 0.0465. The number of benzene rings is 6. The summed E-state index contributed by atoms with van der Waals surface area (Å²) < 4.78 is 89.4. The van der Waals surface area contributed by atoms with Crippen LogP contribution < -0.4 is 0 Å². The van der Waals surface area contributed by atoms with Gasteiger partial charge in [0.25, 0.3) is 0 Å². The Hall–Kier alpha value is -8.05. The first-order chi connectivity index (χ1) is 26.8. The molecular weight excluding hydrogens is 729 g/mol. The SMILES string of the molecule is N#Cc1ccc2c3ccc(C#N)cc3n(-c3cc(-c4cc(C(F)(F)F)cc(C(F)(F)F)c4)c(-n4c5cc(C#N)ccc5c5ccc(C#N)cc54)cc3C#N)c2c1. The van der Waals surface area contributed by atoms with E-state index in [1.807, 2.05) is 12.1 Å². The first kappa shape index (κ1) is 35.0. The highest BCUT2D eigenvalue weighted by Gasteiger charge is 2.37. The maximum Gasteiger partial charge on any atom is 0.416 e. The van der Waals surface area contributed by atoms with Crippen molar-refractivity contribution in [3.63, 3.8) is 0 Å². The fourth-order valence-corrected chi connectivity index (χ4v) is 7.21. The van der Waals surface area contributed by atoms with Gasteiger partial charge in [0.2, 0.25) is 0 Å². The molecule has 0 fully saturated rings. The predicted octanol–water partition coefficient (Wildman–Crippen LogP) is 10.9. The standard InChI is InChI=1S/C43H17F6N7/c44-42(45,46)29-13-27(14-30(16-29)43(47,48)49)35-17-36(55-37-9-23(18-50)1-5-31(37)32-6-2-24(19-51)10-38(32)55)28(22-54)15-41(35)56-39-11-25(20-52)3-7-33(39)34-8-4-26(21-53)12-40(34)56/h1-17H. The monoisotopic (exact) mass is 745 g/mol. The molecule has 2 heterocycles. The summed E-state index contributed by atoms with van der Waals surface area (Å²) in [6.45, 7) is 0. The van der Waals surface area contributed by atoms with Crippen LogP contribution in [0.25, 0.3) is 66.1 Å². The topological polar surface area (TPSA) is 129 Å². The van der Waals surface area contributed by atoms with Gasteiger partial charge in [-0.2, -0.15) is 52.7 Å². The van der Waals surface area contributed by atoms with Crippen molar-refractivity contribution in [2.75, 3.05) is 0 Å². The molecule has 0 saturated carbocycles. The van der Waals surface area contributed by atoms with E-state index in [4.69, 9.17) is 0 Å². The van der Waals surface area contributed by atoms with Crippen molar-refractivity contribution in [2.24, 2.45) is 0 Å². The van der Waals surface area contributed by atoms with E-state index >= 15 is 0 Å². The van der Waals surface area contributed by atoms with Crippen LogP contribution in [0.15, 0.2) is 103 Å². The van der Waals surface area contributed by atoms with E-state index in [9.17, 15) is 52.7 Å². The third kappa shape index (κ3) is 5.50. The van der Waals surface area contributed by atoms with Crippen LogP contribution in [0.3, 0.4) is 0 Å². The third-order valence-corrected chi connectivity index (χ3v) is 9.67. The molecule has 8 rings (SSSR count). The molecule has 0 unspecified atom stereocenters. The highest BCUT2D eigenvalue weighted by atomic mass is 19.4. The number of aromatic nitrogens is 2. The van der Waals surface area contributed by atoms with Crippen molar-refractivity contribution in [3.8, 4) is 52.8 Å². The first-order valence-electron chi connectivity index (χ1n) is 16.4. The predicted molar refractivity (Wildman–Crippen MR) is 194 cm³/mol. The smallest absolute Gasteiger partial charge is 0.308 e. The lowest BCUT2D eigenvalue weighted by molar-refractivity contribution is -0.143. The van der Waals surface area contributed by atoms with Crippen LogP contribution in [0.4, 0.5) is 26.3 Å². The summed E-state index contributed by atoms with van der Waals surface area (Å²) in [6, 6.07) is 33.1. The van der Waals surface area contributed by atoms with Gasteiger partial charge >= 0.3 is 12.4 Å². The van der Waals surface area contributed by atoms with Gasteiger partial charge in [-0.1, -0.05) is 24.3 Å². The van der Waals surface area contributed by atoms with Crippen molar-refractivity contribution in [1.29, 1.82) is 26.3 Å². The van der Waals surface area contributed by atoms with E-state index < -0.39 is 29.0 Å². The van der Waals surface area contributed by atoms with Gasteiger partial charge in [-0.3, -0.25) is 0 Å². The molecule has 0 atom stereocenters. The number of nitrogens with zero attached hydrogens (tertiary/aromatic N) is 7. The molecule has 2 aromatic heterocycles. The van der Waals surface area contributed by atoms with E-state index in [2.05, 4.69) is 18.2 Å². The molecule has 0 bridgehead atoms. The van der Waals surface area contributed by atoms with Crippen molar-refractivity contribution in [2.45, 2.75) is 12.4 Å². The Kier molecular flexibility index (Phi) is 7.83. The normalized spacial score (nSPS) is 11.7. The Morgan fingerprint density at radius 2 is 0.750 bits per heavy atom. The Bertz CT molecular complexity index is 3060. The molecule has 0 aliphatic carbocycles. The molecule has 0 radical (unpaired) electrons. The van der Waals surface area contributed by atoms with Gasteiger partial charge < -0.3 is 9.13 Å². The van der Waals surface area contributed by atoms with Crippen molar-refractivity contribution < 1.29 is 26.3 Å². The number of alkyl halides is 6. The molecule has 0 amide bonds. The largest absolute Gasteiger partial charge is 0.416 e. The Morgan fingerprint density at radius 1 is 0.393 bits per heavy atom. The summed E-state index contributed by atoms with van der Waals surface area (Å²) in [5.74, 6) is 0. The first-order valence-corrected chi connectivity index (χ1v) is 16.4. The Balaban J connectivity index is 1.60. The van der Waals surface area contributed by atoms with Crippen LogP contribution in [0.5, 0.6) is 0 Å². The van der Waals surface area contributed by atoms with Gasteiger partial charge in [0.05, 0.1) is 96.7 Å². The summed E-state index contributed by atoms with van der Waals surface area (Å²) in [5.41, 5.74) is -1.72. The molecule has 0 aliphatic heterocycles. The third-order valence-electron chi connectivity index (χ3n) is 9.67. The quantitative estimate of drug-likeness (QED) is 0.166. The zero-order chi connectivity index (χ0) is 39.7. The Labute approximate surface area is 312 Å². The molecule has 6 aromatic carbocycles. The molecule has 8 aromatic rings. The van der Waals surface area contributed by atoms with Crippen LogP contribution >= 0.6 is 0 Å². The van der Waals surface area contributed by atoms with Gasteiger partial charge in [0.1, 0.15) is 6.07 Å². The summed E-state index contributed by atoms with van der Waals surface area (Å²) in [4.78, 5) is 0. The van der Waals surface area contributed by atoms with E-state index in [0.29, 0.717) is 55.7 Å². The van der Waals surface area contributed by atoms with E-state index in [-0.39, 0.29) is 50.8 Å². The zero-order valence-corrected chi connectivity index (χ0v) is 28.2. The average Bonchev–Trinajstić information content (AvgIpc) is 3.69. The molecule has 7 nitrogen and oxygen atoms in total. The minimum absolute atomic E-state index is 0.0202. The molecule has 0 spiro atoms. The number of hydrogen-bond donors (Lipinski definition) is 0. The highest BCUT2D eigenvalue weighted by Crippen LogP contribution is 2.44. The van der Waals surface area contributed by atoms with E-state index in [0.717, 1.165) is 0 Å². The second-order valence-electron chi connectivity index (χ2n) is 12.8. The lowest BCUT2D eigenvalue weighted by Gasteiger charge is -2.20. The van der Waals surface area contributed by atoms with Gasteiger partial charge in [-0.25, -0.2) is 0 Å². The lowest BCUT2D eigenvalue weighted by atomic mass is 9.95. The highest BCUT2D eigenvalue weighted by molar-refractivity contribution is 6.12. The van der Waals surface area contributed by atoms with Gasteiger partial charge in [-0.05, 0) is 84.4 Å². The summed E-state index contributed by atoms with van der Waals surface area (Å²) in [6.07, 6.45) is -10.4. The van der Waals surface area contributed by atoms with Crippen molar-refractivity contribution in [3.05, 3.63) is 142 Å². The summed E-state index contributed by atoms with van der Waals surface area (Å²) in [5, 5.41) is 52.3. The summed E-state index contributed by atoms with van der Waals surface area (Å²) >= 11 is 0. The number of halogens is 6. The van der Waals surface area contributed by atoms with Crippen LogP contribution in [-0.2, 0) is 12.4 Å². The lowest BCUT2D eigenvalue weighted by Crippen LogP contribution is -2.11. The van der Waals surface area contributed by atoms with Crippen LogP contribution in [-0.4, -0.2) is 9.13 Å². The number of nitriles is 5. The zero-order valence-electron chi connectivity index (χ0n) is 28.2. The number of hydrogen-bond acceptors (Lipinski definition) is 5. The second kappa shape index (κ2) is 12.5. The molecule has 0 saturated heterocycles. The van der Waals surface area contributed by atoms with Crippen molar-refractivity contribution in [1.82, 2.24) is 9.13 Å². The minimum atomic E-state index is -5.20. The van der Waals surface area contributed by atoms with Crippen LogP contribution in [0.1, 0.15) is 38.9 Å².